The number of carbonyl (C=O) groups is 1. The largest absolute Gasteiger partial charge is 0.354 e. The minimum atomic E-state index is -0.220. The van der Waals surface area contributed by atoms with Gasteiger partial charge in [-0.3, -0.25) is 9.59 Å². The highest BCUT2D eigenvalue weighted by Gasteiger charge is 2.27. The molecule has 0 spiro atoms. The third-order valence-corrected chi connectivity index (χ3v) is 6.81. The lowest BCUT2D eigenvalue weighted by molar-refractivity contribution is -0.125. The Labute approximate surface area is 205 Å². The SMILES string of the molecule is Cc1ccc(-n2nc(N3CCC[C@@H](C(=O)N[C@@H](C)CCc4ccccc4)C3)ccc2=O)cc1Cl. The quantitative estimate of drug-likeness (QED) is 0.541. The molecule has 7 heteroatoms. The van der Waals surface area contributed by atoms with E-state index in [1.165, 1.54) is 16.3 Å². The number of nitrogens with zero attached hydrogens (tertiary/aromatic N) is 3. The maximum Gasteiger partial charge on any atom is 0.271 e. The van der Waals surface area contributed by atoms with E-state index < -0.39 is 0 Å². The molecule has 1 N–H and O–H groups in total. The lowest BCUT2D eigenvalue weighted by Gasteiger charge is -2.33. The van der Waals surface area contributed by atoms with Crippen LogP contribution in [0.1, 0.15) is 37.3 Å². The second-order valence-electron chi connectivity index (χ2n) is 9.09. The molecule has 3 aromatic rings. The van der Waals surface area contributed by atoms with Crippen molar-refractivity contribution in [1.82, 2.24) is 15.1 Å². The normalized spacial score (nSPS) is 16.8. The number of nitrogens with one attached hydrogen (secondary N) is 1. The summed E-state index contributed by atoms with van der Waals surface area (Å²) in [4.78, 5) is 27.6. The zero-order chi connectivity index (χ0) is 24.1. The minimum absolute atomic E-state index is 0.0869. The highest BCUT2D eigenvalue weighted by Crippen LogP contribution is 2.23. The maximum atomic E-state index is 13.0. The molecule has 0 saturated carbocycles. The first-order valence-electron chi connectivity index (χ1n) is 11.9. The van der Waals surface area contributed by atoms with Crippen molar-refractivity contribution in [2.45, 2.75) is 45.6 Å². The van der Waals surface area contributed by atoms with E-state index in [2.05, 4.69) is 34.4 Å². The van der Waals surface area contributed by atoms with Crippen molar-refractivity contribution in [3.63, 3.8) is 0 Å². The highest BCUT2D eigenvalue weighted by molar-refractivity contribution is 6.31. The van der Waals surface area contributed by atoms with Crippen LogP contribution in [0.4, 0.5) is 5.82 Å². The second-order valence-corrected chi connectivity index (χ2v) is 9.50. The van der Waals surface area contributed by atoms with Gasteiger partial charge in [-0.2, -0.15) is 4.68 Å². The van der Waals surface area contributed by atoms with Crippen LogP contribution in [0.15, 0.2) is 65.5 Å². The number of hydrogen-bond donors (Lipinski definition) is 1. The van der Waals surface area contributed by atoms with Gasteiger partial charge in [0.25, 0.3) is 5.56 Å². The fourth-order valence-corrected chi connectivity index (χ4v) is 4.50. The molecular formula is C27H31ClN4O2. The molecule has 4 rings (SSSR count). The van der Waals surface area contributed by atoms with E-state index in [1.54, 1.807) is 12.1 Å². The summed E-state index contributed by atoms with van der Waals surface area (Å²) < 4.78 is 1.37. The Balaban J connectivity index is 1.40. The summed E-state index contributed by atoms with van der Waals surface area (Å²) in [6, 6.07) is 19.1. The molecule has 2 aromatic carbocycles. The molecule has 2 atom stereocenters. The molecule has 0 unspecified atom stereocenters. The Kier molecular flexibility index (Phi) is 7.68. The number of aromatic nitrogens is 2. The lowest BCUT2D eigenvalue weighted by atomic mass is 9.96. The van der Waals surface area contributed by atoms with Crippen molar-refractivity contribution in [3.8, 4) is 5.69 Å². The van der Waals surface area contributed by atoms with Crippen LogP contribution < -0.4 is 15.8 Å². The van der Waals surface area contributed by atoms with Gasteiger partial charge in [0, 0.05) is 30.2 Å². The van der Waals surface area contributed by atoms with Gasteiger partial charge in [0.1, 0.15) is 5.82 Å². The van der Waals surface area contributed by atoms with Gasteiger partial charge >= 0.3 is 0 Å². The number of carbonyl (C=O) groups excluding carboxylic acids is 1. The number of piperidine rings is 1. The van der Waals surface area contributed by atoms with Crippen LogP contribution in [0.25, 0.3) is 5.69 Å². The molecule has 1 saturated heterocycles. The molecule has 2 heterocycles. The van der Waals surface area contributed by atoms with Crippen LogP contribution in [-0.4, -0.2) is 34.8 Å². The minimum Gasteiger partial charge on any atom is -0.354 e. The van der Waals surface area contributed by atoms with E-state index in [0.717, 1.165) is 37.8 Å². The van der Waals surface area contributed by atoms with Crippen molar-refractivity contribution < 1.29 is 4.79 Å². The van der Waals surface area contributed by atoms with Crippen molar-refractivity contribution in [2.75, 3.05) is 18.0 Å². The van der Waals surface area contributed by atoms with Gasteiger partial charge in [-0.15, -0.1) is 5.10 Å². The van der Waals surface area contributed by atoms with Gasteiger partial charge < -0.3 is 10.2 Å². The Morgan fingerprint density at radius 1 is 1.18 bits per heavy atom. The first-order valence-corrected chi connectivity index (χ1v) is 12.2. The van der Waals surface area contributed by atoms with Crippen LogP contribution in [-0.2, 0) is 11.2 Å². The predicted molar refractivity (Wildman–Crippen MR) is 137 cm³/mol. The summed E-state index contributed by atoms with van der Waals surface area (Å²) in [5.74, 6) is 0.666. The number of hydrogen-bond acceptors (Lipinski definition) is 4. The van der Waals surface area contributed by atoms with Gasteiger partial charge in [0.2, 0.25) is 5.91 Å². The zero-order valence-corrected chi connectivity index (χ0v) is 20.5. The number of benzene rings is 2. The summed E-state index contributed by atoms with van der Waals surface area (Å²) >= 11 is 6.26. The Morgan fingerprint density at radius 2 is 1.97 bits per heavy atom. The van der Waals surface area contributed by atoms with Crippen molar-refractivity contribution >= 4 is 23.3 Å². The molecule has 0 bridgehead atoms. The number of amides is 1. The van der Waals surface area contributed by atoms with E-state index in [4.69, 9.17) is 11.6 Å². The number of anilines is 1. The third kappa shape index (κ3) is 5.86. The second kappa shape index (κ2) is 10.9. The van der Waals surface area contributed by atoms with E-state index in [1.807, 2.05) is 37.3 Å². The first kappa shape index (κ1) is 24.0. The van der Waals surface area contributed by atoms with E-state index >= 15 is 0 Å². The molecule has 178 valence electrons. The fraction of sp³-hybridized carbons (Fsp3) is 0.370. The van der Waals surface area contributed by atoms with Crippen molar-refractivity contribution in [3.05, 3.63) is 87.2 Å². The Morgan fingerprint density at radius 3 is 2.74 bits per heavy atom. The molecule has 1 aromatic heterocycles. The van der Waals surface area contributed by atoms with E-state index in [-0.39, 0.29) is 23.4 Å². The molecule has 1 amide bonds. The Hall–Kier alpha value is -3.12. The van der Waals surface area contributed by atoms with E-state index in [0.29, 0.717) is 23.1 Å². The van der Waals surface area contributed by atoms with Gasteiger partial charge in [-0.1, -0.05) is 48.0 Å². The molecule has 1 aliphatic heterocycles. The van der Waals surface area contributed by atoms with Gasteiger partial charge in [0.05, 0.1) is 11.6 Å². The molecule has 1 fully saturated rings. The summed E-state index contributed by atoms with van der Waals surface area (Å²) in [5, 5.41) is 8.38. The van der Waals surface area contributed by atoms with Gasteiger partial charge in [-0.05, 0) is 68.9 Å². The first-order chi connectivity index (χ1) is 16.4. The van der Waals surface area contributed by atoms with Crippen LogP contribution in [0, 0.1) is 12.8 Å². The average molecular weight is 479 g/mol. The molecule has 1 aliphatic rings. The molecule has 6 nitrogen and oxygen atoms in total. The van der Waals surface area contributed by atoms with Gasteiger partial charge in [-0.25, -0.2) is 0 Å². The number of aryl methyl sites for hydroxylation is 2. The van der Waals surface area contributed by atoms with Crippen LogP contribution in [0.2, 0.25) is 5.02 Å². The monoisotopic (exact) mass is 478 g/mol. The maximum absolute atomic E-state index is 13.0. The summed E-state index contributed by atoms with van der Waals surface area (Å²) in [5.41, 5.74) is 2.63. The van der Waals surface area contributed by atoms with Crippen molar-refractivity contribution in [2.24, 2.45) is 5.92 Å². The number of halogens is 1. The molecule has 34 heavy (non-hydrogen) atoms. The molecule has 0 aliphatic carbocycles. The summed E-state index contributed by atoms with van der Waals surface area (Å²) in [6.07, 6.45) is 3.58. The zero-order valence-electron chi connectivity index (χ0n) is 19.7. The van der Waals surface area contributed by atoms with Gasteiger partial charge in [0.15, 0.2) is 0 Å². The number of rotatable bonds is 7. The van der Waals surface area contributed by atoms with Crippen molar-refractivity contribution in [1.29, 1.82) is 0 Å². The highest BCUT2D eigenvalue weighted by atomic mass is 35.5. The third-order valence-electron chi connectivity index (χ3n) is 6.40. The Bertz CT molecular complexity index is 1190. The predicted octanol–water partition coefficient (Wildman–Crippen LogP) is 4.55. The lowest BCUT2D eigenvalue weighted by Crippen LogP contribution is -2.46. The van der Waals surface area contributed by atoms with E-state index in [9.17, 15) is 9.59 Å². The molecular weight excluding hydrogens is 448 g/mol. The smallest absolute Gasteiger partial charge is 0.271 e. The van der Waals surface area contributed by atoms with Crippen LogP contribution in [0.5, 0.6) is 0 Å². The summed E-state index contributed by atoms with van der Waals surface area (Å²) in [6.45, 7) is 5.36. The topological polar surface area (TPSA) is 67.2 Å². The van der Waals surface area contributed by atoms with Crippen LogP contribution in [0.3, 0.4) is 0 Å². The van der Waals surface area contributed by atoms with Crippen LogP contribution >= 0.6 is 11.6 Å². The summed E-state index contributed by atoms with van der Waals surface area (Å²) in [7, 11) is 0. The average Bonchev–Trinajstić information content (AvgIpc) is 2.85. The standard InChI is InChI=1S/C27H31ClN4O2/c1-19-10-13-23(17-24(19)28)32-26(33)15-14-25(30-32)31-16-6-9-22(18-31)27(34)29-20(2)11-12-21-7-4-3-5-8-21/h3-5,7-8,10,13-15,17,20,22H,6,9,11-12,16,18H2,1-2H3,(H,29,34)/t20-,22+/m0/s1. The fourth-order valence-electron chi connectivity index (χ4n) is 4.33. The molecule has 0 radical (unpaired) electrons.